The van der Waals surface area contributed by atoms with Crippen molar-refractivity contribution in [1.82, 2.24) is 14.8 Å². The van der Waals surface area contributed by atoms with Gasteiger partial charge in [-0.15, -0.1) is 0 Å². The van der Waals surface area contributed by atoms with E-state index in [4.69, 9.17) is 10.5 Å². The molecule has 0 saturated carbocycles. The van der Waals surface area contributed by atoms with Gasteiger partial charge >= 0.3 is 0 Å². The van der Waals surface area contributed by atoms with Gasteiger partial charge in [-0.1, -0.05) is 11.8 Å². The normalized spacial score (nSPS) is 14.9. The second-order valence-corrected chi connectivity index (χ2v) is 6.42. The van der Waals surface area contributed by atoms with Gasteiger partial charge in [0.05, 0.1) is 17.5 Å². The van der Waals surface area contributed by atoms with Crippen molar-refractivity contribution in [3.05, 3.63) is 52.0 Å². The highest BCUT2D eigenvalue weighted by atomic mass is 19.1. The Bertz CT molecular complexity index is 933. The summed E-state index contributed by atoms with van der Waals surface area (Å²) in [6, 6.07) is 4.70. The van der Waals surface area contributed by atoms with Crippen molar-refractivity contribution in [2.24, 2.45) is 0 Å². The molecule has 0 spiro atoms. The van der Waals surface area contributed by atoms with Crippen molar-refractivity contribution >= 4 is 11.5 Å². The number of nitrogens with zero attached hydrogens (tertiary/aromatic N) is 4. The zero-order valence-corrected chi connectivity index (χ0v) is 15.4. The van der Waals surface area contributed by atoms with Gasteiger partial charge in [-0.25, -0.2) is 9.37 Å². The fraction of sp³-hybridized carbons (Fsp3) is 0.316. The molecule has 0 bridgehead atoms. The number of pyridine rings is 1. The van der Waals surface area contributed by atoms with Crippen LogP contribution in [0.3, 0.4) is 0 Å². The van der Waals surface area contributed by atoms with E-state index < -0.39 is 10.7 Å². The van der Waals surface area contributed by atoms with E-state index in [1.807, 2.05) is 0 Å². The number of nitro benzene ring substituents is 1. The maximum Gasteiger partial charge on any atom is 0.272 e. The molecule has 3 rings (SSSR count). The molecule has 9 heteroatoms. The smallest absolute Gasteiger partial charge is 0.272 e. The van der Waals surface area contributed by atoms with Gasteiger partial charge in [0.15, 0.2) is 11.6 Å². The Hall–Kier alpha value is -3.22. The Morgan fingerprint density at radius 2 is 2.04 bits per heavy atom. The van der Waals surface area contributed by atoms with Gasteiger partial charge in [-0.05, 0) is 13.1 Å². The van der Waals surface area contributed by atoms with E-state index in [1.165, 1.54) is 24.4 Å². The van der Waals surface area contributed by atoms with Crippen molar-refractivity contribution < 1.29 is 14.1 Å². The molecule has 1 aliphatic rings. The molecule has 2 aromatic rings. The van der Waals surface area contributed by atoms with Gasteiger partial charge in [0, 0.05) is 44.5 Å². The van der Waals surface area contributed by atoms with Crippen LogP contribution in [0.1, 0.15) is 5.56 Å². The minimum Gasteiger partial charge on any atom is -0.453 e. The number of nitrogen functional groups attached to an aromatic ring is 1. The van der Waals surface area contributed by atoms with Crippen LogP contribution in [-0.4, -0.2) is 59.5 Å². The van der Waals surface area contributed by atoms with E-state index in [9.17, 15) is 14.5 Å². The van der Waals surface area contributed by atoms with Crippen LogP contribution in [0.4, 0.5) is 15.9 Å². The zero-order chi connectivity index (χ0) is 20.1. The number of piperazine rings is 1. The number of nitrogens with two attached hydrogens (primary N) is 1. The lowest BCUT2D eigenvalue weighted by Gasteiger charge is -2.30. The van der Waals surface area contributed by atoms with Crippen molar-refractivity contribution in [3.8, 4) is 23.3 Å². The van der Waals surface area contributed by atoms with Crippen LogP contribution in [-0.2, 0) is 0 Å². The highest BCUT2D eigenvalue weighted by molar-refractivity contribution is 5.59. The molecule has 8 nitrogen and oxygen atoms in total. The second-order valence-electron chi connectivity index (χ2n) is 6.42. The molecule has 0 atom stereocenters. The lowest BCUT2D eigenvalue weighted by Crippen LogP contribution is -2.44. The quantitative estimate of drug-likeness (QED) is 0.489. The number of benzene rings is 1. The van der Waals surface area contributed by atoms with Crippen molar-refractivity contribution in [3.63, 3.8) is 0 Å². The van der Waals surface area contributed by atoms with Gasteiger partial charge in [0.2, 0.25) is 0 Å². The van der Waals surface area contributed by atoms with Gasteiger partial charge < -0.3 is 15.4 Å². The highest BCUT2D eigenvalue weighted by Crippen LogP contribution is 2.30. The van der Waals surface area contributed by atoms with Crippen LogP contribution < -0.4 is 10.5 Å². The van der Waals surface area contributed by atoms with Crippen LogP contribution in [0.15, 0.2) is 30.5 Å². The summed E-state index contributed by atoms with van der Waals surface area (Å²) in [4.78, 5) is 18.6. The number of halogens is 1. The first-order valence-electron chi connectivity index (χ1n) is 8.70. The Labute approximate surface area is 161 Å². The molecule has 0 unspecified atom stereocenters. The van der Waals surface area contributed by atoms with Crippen LogP contribution in [0.5, 0.6) is 11.5 Å². The van der Waals surface area contributed by atoms with E-state index in [1.54, 1.807) is 0 Å². The average molecular weight is 385 g/mol. The topological polar surface area (TPSA) is 97.8 Å². The van der Waals surface area contributed by atoms with Crippen molar-refractivity contribution in [1.29, 1.82) is 0 Å². The Morgan fingerprint density at radius 1 is 1.29 bits per heavy atom. The summed E-state index contributed by atoms with van der Waals surface area (Å²) in [7, 11) is 2.08. The molecule has 0 aliphatic carbocycles. The summed E-state index contributed by atoms with van der Waals surface area (Å²) in [5, 5.41) is 10.7. The number of hydrogen-bond acceptors (Lipinski definition) is 7. The van der Waals surface area contributed by atoms with E-state index in [0.29, 0.717) is 12.1 Å². The van der Waals surface area contributed by atoms with Crippen LogP contribution in [0, 0.1) is 27.8 Å². The lowest BCUT2D eigenvalue weighted by atomic mass is 10.2. The molecule has 28 heavy (non-hydrogen) atoms. The number of rotatable bonds is 4. The summed E-state index contributed by atoms with van der Waals surface area (Å²) in [5.74, 6) is 5.44. The van der Waals surface area contributed by atoms with Crippen molar-refractivity contribution in [2.45, 2.75) is 0 Å². The molecule has 146 valence electrons. The van der Waals surface area contributed by atoms with Gasteiger partial charge in [-0.3, -0.25) is 15.0 Å². The molecule has 2 heterocycles. The number of non-ortho nitro benzene ring substituents is 1. The molecule has 1 fully saturated rings. The maximum absolute atomic E-state index is 14.1. The third kappa shape index (κ3) is 4.73. The van der Waals surface area contributed by atoms with Crippen molar-refractivity contribution in [2.75, 3.05) is 45.5 Å². The van der Waals surface area contributed by atoms with E-state index in [0.717, 1.165) is 32.2 Å². The third-order valence-corrected chi connectivity index (χ3v) is 4.40. The molecule has 1 aromatic heterocycles. The molecule has 1 aromatic carbocycles. The number of aromatic nitrogens is 1. The van der Waals surface area contributed by atoms with E-state index >= 15 is 0 Å². The monoisotopic (exact) mass is 385 g/mol. The fourth-order valence-electron chi connectivity index (χ4n) is 2.72. The molecular formula is C19H20FN5O3. The van der Waals surface area contributed by atoms with E-state index in [-0.39, 0.29) is 23.0 Å². The lowest BCUT2D eigenvalue weighted by molar-refractivity contribution is -0.385. The van der Waals surface area contributed by atoms with Crippen LogP contribution in [0.25, 0.3) is 0 Å². The van der Waals surface area contributed by atoms with Gasteiger partial charge in [0.1, 0.15) is 17.1 Å². The summed E-state index contributed by atoms with van der Waals surface area (Å²) in [6.45, 7) is 4.43. The molecule has 1 aliphatic heterocycles. The molecular weight excluding hydrogens is 365 g/mol. The first kappa shape index (κ1) is 19.5. The Kier molecular flexibility index (Phi) is 6.03. The Morgan fingerprint density at radius 3 is 2.71 bits per heavy atom. The first-order chi connectivity index (χ1) is 13.4. The van der Waals surface area contributed by atoms with Crippen LogP contribution in [0.2, 0.25) is 0 Å². The summed E-state index contributed by atoms with van der Waals surface area (Å²) >= 11 is 0. The second kappa shape index (κ2) is 8.65. The molecule has 0 amide bonds. The SMILES string of the molecule is CN1CCN(CC#Cc2c(Oc3ccc([N+](=O)[O-])cc3F)ccnc2N)CC1. The number of nitro groups is 1. The summed E-state index contributed by atoms with van der Waals surface area (Å²) in [6.07, 6.45) is 1.43. The number of likely N-dealkylation sites (N-methyl/N-ethyl adjacent to an activating group) is 1. The third-order valence-electron chi connectivity index (χ3n) is 4.40. The number of hydrogen-bond donors (Lipinski definition) is 1. The first-order valence-corrected chi connectivity index (χ1v) is 8.70. The minimum absolute atomic E-state index is 0.154. The zero-order valence-electron chi connectivity index (χ0n) is 15.4. The molecule has 2 N–H and O–H groups in total. The maximum atomic E-state index is 14.1. The highest BCUT2D eigenvalue weighted by Gasteiger charge is 2.15. The Balaban J connectivity index is 1.78. The summed E-state index contributed by atoms with van der Waals surface area (Å²) in [5.41, 5.74) is 5.92. The average Bonchev–Trinajstić information content (AvgIpc) is 2.67. The van der Waals surface area contributed by atoms with Crippen LogP contribution >= 0.6 is 0 Å². The summed E-state index contributed by atoms with van der Waals surface area (Å²) < 4.78 is 19.7. The molecule has 1 saturated heterocycles. The largest absolute Gasteiger partial charge is 0.453 e. The minimum atomic E-state index is -0.846. The number of ether oxygens (including phenoxy) is 1. The molecule has 0 radical (unpaired) electrons. The standard InChI is InChI=1S/C19H20FN5O3/c1-23-9-11-24(12-10-23)8-2-3-15-17(6-7-22-19(15)21)28-18-5-4-14(25(26)27)13-16(18)20/h4-7,13H,8-12H2,1H3,(H2,21,22). The predicted molar refractivity (Wildman–Crippen MR) is 103 cm³/mol. The van der Waals surface area contributed by atoms with E-state index in [2.05, 4.69) is 33.7 Å². The van der Waals surface area contributed by atoms with Gasteiger partial charge in [-0.2, -0.15) is 0 Å². The van der Waals surface area contributed by atoms with Gasteiger partial charge in [0.25, 0.3) is 5.69 Å². The number of anilines is 1. The fourth-order valence-corrected chi connectivity index (χ4v) is 2.72. The predicted octanol–water partition coefficient (Wildman–Crippen LogP) is 2.10.